The molecular weight excluding hydrogens is 376 g/mol. The van der Waals surface area contributed by atoms with Crippen molar-refractivity contribution in [2.45, 2.75) is 0 Å². The molecule has 0 bridgehead atoms. The Morgan fingerprint density at radius 2 is 1.67 bits per heavy atom. The second-order valence-corrected chi connectivity index (χ2v) is 6.52. The van der Waals surface area contributed by atoms with E-state index >= 15 is 0 Å². The zero-order valence-corrected chi connectivity index (χ0v) is 16.4. The minimum atomic E-state index is -0.198. The molecular formula is C24H20N4O2. The van der Waals surface area contributed by atoms with Crippen LogP contribution in [0.1, 0.15) is 10.4 Å². The lowest BCUT2D eigenvalue weighted by Gasteiger charge is -2.10. The maximum atomic E-state index is 12.6. The van der Waals surface area contributed by atoms with Crippen molar-refractivity contribution in [1.82, 2.24) is 9.97 Å². The van der Waals surface area contributed by atoms with Crippen LogP contribution in [0.25, 0.3) is 11.4 Å². The molecule has 2 N–H and O–H groups in total. The highest BCUT2D eigenvalue weighted by Gasteiger charge is 2.08. The third-order valence-corrected chi connectivity index (χ3v) is 4.43. The Labute approximate surface area is 174 Å². The molecule has 3 aromatic carbocycles. The van der Waals surface area contributed by atoms with E-state index in [0.29, 0.717) is 22.9 Å². The van der Waals surface area contributed by atoms with Gasteiger partial charge in [-0.05, 0) is 48.5 Å². The molecule has 4 rings (SSSR count). The number of hydrogen-bond donors (Lipinski definition) is 2. The standard InChI is InChI=1S/C24H20N4O2/c1-30-21-12-10-19(11-13-21)27-24(29)18-8-5-9-20(16-18)26-22-14-15-25-23(28-22)17-6-3-2-4-7-17/h2-16H,1H3,(H,27,29)(H,25,26,28). The average molecular weight is 396 g/mol. The lowest BCUT2D eigenvalue weighted by molar-refractivity contribution is 0.102. The van der Waals surface area contributed by atoms with E-state index in [9.17, 15) is 4.79 Å². The second kappa shape index (κ2) is 8.87. The number of anilines is 3. The molecule has 0 aliphatic heterocycles. The first-order valence-electron chi connectivity index (χ1n) is 9.42. The molecule has 0 saturated carbocycles. The topological polar surface area (TPSA) is 76.1 Å². The molecule has 1 heterocycles. The number of hydrogen-bond acceptors (Lipinski definition) is 5. The van der Waals surface area contributed by atoms with Crippen molar-refractivity contribution in [2.24, 2.45) is 0 Å². The summed E-state index contributed by atoms with van der Waals surface area (Å²) in [5, 5.41) is 6.12. The molecule has 0 saturated heterocycles. The van der Waals surface area contributed by atoms with Crippen LogP contribution in [-0.4, -0.2) is 23.0 Å². The van der Waals surface area contributed by atoms with Crippen LogP contribution in [0.5, 0.6) is 5.75 Å². The summed E-state index contributed by atoms with van der Waals surface area (Å²) in [5.41, 5.74) is 2.93. The number of rotatable bonds is 6. The van der Waals surface area contributed by atoms with Gasteiger partial charge in [-0.3, -0.25) is 4.79 Å². The van der Waals surface area contributed by atoms with E-state index in [1.165, 1.54) is 0 Å². The van der Waals surface area contributed by atoms with Gasteiger partial charge in [-0.25, -0.2) is 9.97 Å². The monoisotopic (exact) mass is 396 g/mol. The van der Waals surface area contributed by atoms with Crippen LogP contribution in [0.3, 0.4) is 0 Å². The molecule has 1 amide bonds. The zero-order chi connectivity index (χ0) is 20.8. The minimum absolute atomic E-state index is 0.198. The molecule has 0 unspecified atom stereocenters. The van der Waals surface area contributed by atoms with Gasteiger partial charge in [0.15, 0.2) is 5.82 Å². The second-order valence-electron chi connectivity index (χ2n) is 6.52. The molecule has 6 nitrogen and oxygen atoms in total. The van der Waals surface area contributed by atoms with E-state index in [0.717, 1.165) is 17.0 Å². The predicted molar refractivity (Wildman–Crippen MR) is 118 cm³/mol. The van der Waals surface area contributed by atoms with Crippen molar-refractivity contribution in [3.05, 3.63) is 96.7 Å². The normalized spacial score (nSPS) is 10.3. The lowest BCUT2D eigenvalue weighted by Crippen LogP contribution is -2.12. The van der Waals surface area contributed by atoms with Crippen LogP contribution in [0.2, 0.25) is 0 Å². The predicted octanol–water partition coefficient (Wildman–Crippen LogP) is 5.15. The van der Waals surface area contributed by atoms with E-state index in [-0.39, 0.29) is 5.91 Å². The van der Waals surface area contributed by atoms with E-state index in [2.05, 4.69) is 20.6 Å². The Kier molecular flexibility index (Phi) is 5.66. The number of aromatic nitrogens is 2. The third-order valence-electron chi connectivity index (χ3n) is 4.43. The number of amides is 1. The SMILES string of the molecule is COc1ccc(NC(=O)c2cccc(Nc3ccnc(-c4ccccc4)n3)c2)cc1. The number of carbonyl (C=O) groups excluding carboxylic acids is 1. The Morgan fingerprint density at radius 1 is 0.867 bits per heavy atom. The van der Waals surface area contributed by atoms with E-state index in [1.807, 2.05) is 42.5 Å². The summed E-state index contributed by atoms with van der Waals surface area (Å²) in [7, 11) is 1.60. The molecule has 0 aliphatic carbocycles. The number of nitrogens with zero attached hydrogens (tertiary/aromatic N) is 2. The fourth-order valence-corrected chi connectivity index (χ4v) is 2.92. The maximum Gasteiger partial charge on any atom is 0.255 e. The quantitative estimate of drug-likeness (QED) is 0.471. The van der Waals surface area contributed by atoms with Crippen LogP contribution < -0.4 is 15.4 Å². The van der Waals surface area contributed by atoms with Crippen LogP contribution in [0.15, 0.2) is 91.1 Å². The number of methoxy groups -OCH3 is 1. The lowest BCUT2D eigenvalue weighted by atomic mass is 10.1. The summed E-state index contributed by atoms with van der Waals surface area (Å²) in [6, 6.07) is 26.0. The highest BCUT2D eigenvalue weighted by molar-refractivity contribution is 6.04. The first-order valence-corrected chi connectivity index (χ1v) is 9.42. The molecule has 4 aromatic rings. The van der Waals surface area contributed by atoms with Gasteiger partial charge in [-0.1, -0.05) is 36.4 Å². The number of carbonyl (C=O) groups is 1. The Balaban J connectivity index is 1.49. The van der Waals surface area contributed by atoms with E-state index in [1.54, 1.807) is 55.8 Å². The maximum absolute atomic E-state index is 12.6. The molecule has 1 aromatic heterocycles. The van der Waals surface area contributed by atoms with Gasteiger partial charge in [0.1, 0.15) is 11.6 Å². The van der Waals surface area contributed by atoms with Crippen molar-refractivity contribution in [2.75, 3.05) is 17.7 Å². The summed E-state index contributed by atoms with van der Waals surface area (Å²) < 4.78 is 5.14. The summed E-state index contributed by atoms with van der Waals surface area (Å²) in [6.07, 6.45) is 1.71. The minimum Gasteiger partial charge on any atom is -0.497 e. The Morgan fingerprint density at radius 3 is 2.43 bits per heavy atom. The van der Waals surface area contributed by atoms with Crippen molar-refractivity contribution in [3.63, 3.8) is 0 Å². The van der Waals surface area contributed by atoms with Crippen molar-refractivity contribution in [3.8, 4) is 17.1 Å². The smallest absolute Gasteiger partial charge is 0.255 e. The third kappa shape index (κ3) is 4.62. The van der Waals surface area contributed by atoms with Gasteiger partial charge < -0.3 is 15.4 Å². The number of ether oxygens (including phenoxy) is 1. The zero-order valence-electron chi connectivity index (χ0n) is 16.4. The van der Waals surface area contributed by atoms with E-state index < -0.39 is 0 Å². The van der Waals surface area contributed by atoms with Crippen molar-refractivity contribution in [1.29, 1.82) is 0 Å². The molecule has 0 aliphatic rings. The first kappa shape index (κ1) is 19.1. The van der Waals surface area contributed by atoms with Crippen molar-refractivity contribution < 1.29 is 9.53 Å². The number of nitrogens with one attached hydrogen (secondary N) is 2. The van der Waals surface area contributed by atoms with Gasteiger partial charge in [0.05, 0.1) is 7.11 Å². The van der Waals surface area contributed by atoms with Gasteiger partial charge in [0, 0.05) is 28.7 Å². The molecule has 0 fully saturated rings. The van der Waals surface area contributed by atoms with E-state index in [4.69, 9.17) is 4.74 Å². The van der Waals surface area contributed by atoms with Gasteiger partial charge in [-0.2, -0.15) is 0 Å². The summed E-state index contributed by atoms with van der Waals surface area (Å²) in [5.74, 6) is 1.82. The van der Waals surface area contributed by atoms with Gasteiger partial charge in [0.2, 0.25) is 0 Å². The van der Waals surface area contributed by atoms with Gasteiger partial charge >= 0.3 is 0 Å². The molecule has 6 heteroatoms. The summed E-state index contributed by atoms with van der Waals surface area (Å²) in [4.78, 5) is 21.5. The van der Waals surface area contributed by atoms with Crippen LogP contribution >= 0.6 is 0 Å². The molecule has 148 valence electrons. The summed E-state index contributed by atoms with van der Waals surface area (Å²) in [6.45, 7) is 0. The van der Waals surface area contributed by atoms with Crippen LogP contribution in [0.4, 0.5) is 17.2 Å². The number of benzene rings is 3. The summed E-state index contributed by atoms with van der Waals surface area (Å²) >= 11 is 0. The molecule has 0 radical (unpaired) electrons. The van der Waals surface area contributed by atoms with Crippen LogP contribution in [0, 0.1) is 0 Å². The fraction of sp³-hybridized carbons (Fsp3) is 0.0417. The highest BCUT2D eigenvalue weighted by Crippen LogP contribution is 2.21. The fourth-order valence-electron chi connectivity index (χ4n) is 2.92. The van der Waals surface area contributed by atoms with Crippen LogP contribution in [-0.2, 0) is 0 Å². The highest BCUT2D eigenvalue weighted by atomic mass is 16.5. The van der Waals surface area contributed by atoms with Gasteiger partial charge in [0.25, 0.3) is 5.91 Å². The Hall–Kier alpha value is -4.19. The van der Waals surface area contributed by atoms with Gasteiger partial charge in [-0.15, -0.1) is 0 Å². The molecule has 30 heavy (non-hydrogen) atoms. The Bertz CT molecular complexity index is 1150. The van der Waals surface area contributed by atoms with Crippen molar-refractivity contribution >= 4 is 23.1 Å². The molecule has 0 spiro atoms. The largest absolute Gasteiger partial charge is 0.497 e. The average Bonchev–Trinajstić information content (AvgIpc) is 2.80. The first-order chi connectivity index (χ1) is 14.7. The molecule has 0 atom stereocenters.